The van der Waals surface area contributed by atoms with Gasteiger partial charge in [-0.05, 0) is 24.3 Å². The van der Waals surface area contributed by atoms with Crippen LogP contribution in [-0.2, 0) is 17.5 Å². The van der Waals surface area contributed by atoms with Crippen LogP contribution in [0.5, 0.6) is 0 Å². The summed E-state index contributed by atoms with van der Waals surface area (Å²) in [4.78, 5) is 25.5. The SMILES string of the molecule is O=C(Cn1cc(C(=O)c2ccccc2)c2ccccc21)Nc1cccc(C(F)(F)F)c1. The molecule has 0 atom stereocenters. The molecular formula is C24H17F3N2O2. The molecule has 1 aromatic heterocycles. The summed E-state index contributed by atoms with van der Waals surface area (Å²) >= 11 is 0. The highest BCUT2D eigenvalue weighted by Crippen LogP contribution is 2.30. The van der Waals surface area contributed by atoms with Crippen LogP contribution in [0, 0.1) is 0 Å². The molecule has 0 saturated carbocycles. The fraction of sp³-hybridized carbons (Fsp3) is 0.0833. The number of anilines is 1. The molecule has 0 spiro atoms. The molecule has 0 aliphatic heterocycles. The summed E-state index contributed by atoms with van der Waals surface area (Å²) in [7, 11) is 0. The molecule has 4 nitrogen and oxygen atoms in total. The summed E-state index contributed by atoms with van der Waals surface area (Å²) < 4.78 is 40.3. The molecule has 0 saturated heterocycles. The maximum absolute atomic E-state index is 13.0. The molecule has 0 bridgehead atoms. The van der Waals surface area contributed by atoms with Crippen molar-refractivity contribution in [3.05, 3.63) is 102 Å². The quantitative estimate of drug-likeness (QED) is 0.430. The van der Waals surface area contributed by atoms with Gasteiger partial charge in [0, 0.05) is 33.9 Å². The third-order valence-corrected chi connectivity index (χ3v) is 4.86. The Hall–Kier alpha value is -3.87. The maximum atomic E-state index is 13.0. The number of nitrogens with one attached hydrogen (secondary N) is 1. The molecule has 0 unspecified atom stereocenters. The highest BCUT2D eigenvalue weighted by Gasteiger charge is 2.30. The van der Waals surface area contributed by atoms with Crippen LogP contribution in [0.2, 0.25) is 0 Å². The van der Waals surface area contributed by atoms with Crippen molar-refractivity contribution in [2.75, 3.05) is 5.32 Å². The Morgan fingerprint density at radius 1 is 0.871 bits per heavy atom. The number of fused-ring (bicyclic) bond motifs is 1. The minimum atomic E-state index is -4.50. The van der Waals surface area contributed by atoms with Crippen molar-refractivity contribution in [2.45, 2.75) is 12.7 Å². The number of hydrogen-bond donors (Lipinski definition) is 1. The first-order valence-corrected chi connectivity index (χ1v) is 9.47. The molecule has 156 valence electrons. The molecular weight excluding hydrogens is 405 g/mol. The molecule has 0 aliphatic carbocycles. The predicted octanol–water partition coefficient (Wildman–Crippen LogP) is 5.53. The van der Waals surface area contributed by atoms with E-state index in [0.29, 0.717) is 22.0 Å². The van der Waals surface area contributed by atoms with Crippen LogP contribution in [0.25, 0.3) is 10.9 Å². The van der Waals surface area contributed by atoms with Gasteiger partial charge in [0.05, 0.1) is 5.56 Å². The summed E-state index contributed by atoms with van der Waals surface area (Å²) in [5.41, 5.74) is 0.873. The fourth-order valence-electron chi connectivity index (χ4n) is 3.43. The molecule has 31 heavy (non-hydrogen) atoms. The standard InChI is InChI=1S/C24H17F3N2O2/c25-24(26,27)17-9-6-10-18(13-17)28-22(30)15-29-14-20(19-11-4-5-12-21(19)29)23(31)16-7-2-1-3-8-16/h1-14H,15H2,(H,28,30). The van der Waals surface area contributed by atoms with Crippen LogP contribution < -0.4 is 5.32 Å². The number of carbonyl (C=O) groups is 2. The van der Waals surface area contributed by atoms with Gasteiger partial charge in [-0.2, -0.15) is 13.2 Å². The molecule has 1 heterocycles. The topological polar surface area (TPSA) is 51.1 Å². The van der Waals surface area contributed by atoms with E-state index in [1.54, 1.807) is 59.3 Å². The van der Waals surface area contributed by atoms with Gasteiger partial charge >= 0.3 is 6.18 Å². The van der Waals surface area contributed by atoms with Crippen molar-refractivity contribution in [2.24, 2.45) is 0 Å². The van der Waals surface area contributed by atoms with Gasteiger partial charge in [0.15, 0.2) is 5.78 Å². The van der Waals surface area contributed by atoms with E-state index in [0.717, 1.165) is 12.1 Å². The van der Waals surface area contributed by atoms with Gasteiger partial charge in [0.25, 0.3) is 0 Å². The number of amides is 1. The Balaban J connectivity index is 1.61. The summed E-state index contributed by atoms with van der Waals surface area (Å²) in [6, 6.07) is 20.4. The van der Waals surface area contributed by atoms with Gasteiger partial charge in [0.2, 0.25) is 5.91 Å². The molecule has 3 aromatic carbocycles. The van der Waals surface area contributed by atoms with E-state index in [4.69, 9.17) is 0 Å². The molecule has 1 N–H and O–H groups in total. The van der Waals surface area contributed by atoms with E-state index >= 15 is 0 Å². The number of hydrogen-bond acceptors (Lipinski definition) is 2. The third-order valence-electron chi connectivity index (χ3n) is 4.86. The highest BCUT2D eigenvalue weighted by atomic mass is 19.4. The van der Waals surface area contributed by atoms with Crippen molar-refractivity contribution in [1.82, 2.24) is 4.57 Å². The van der Waals surface area contributed by atoms with E-state index < -0.39 is 17.6 Å². The minimum absolute atomic E-state index is 0.0527. The minimum Gasteiger partial charge on any atom is -0.337 e. The van der Waals surface area contributed by atoms with E-state index in [1.165, 1.54) is 12.1 Å². The number of aromatic nitrogens is 1. The Morgan fingerprint density at radius 2 is 1.58 bits per heavy atom. The Morgan fingerprint density at radius 3 is 2.32 bits per heavy atom. The molecule has 4 aromatic rings. The Labute approximate surface area is 175 Å². The number of rotatable bonds is 5. The van der Waals surface area contributed by atoms with Crippen LogP contribution in [0.3, 0.4) is 0 Å². The summed E-state index contributed by atoms with van der Waals surface area (Å²) in [6.07, 6.45) is -2.89. The molecule has 7 heteroatoms. The van der Waals surface area contributed by atoms with Gasteiger partial charge < -0.3 is 9.88 Å². The molecule has 1 amide bonds. The first-order valence-electron chi connectivity index (χ1n) is 9.47. The zero-order valence-electron chi connectivity index (χ0n) is 16.2. The molecule has 4 rings (SSSR count). The second kappa shape index (κ2) is 8.10. The normalized spacial score (nSPS) is 11.5. The lowest BCUT2D eigenvalue weighted by Gasteiger charge is -2.10. The van der Waals surface area contributed by atoms with Gasteiger partial charge in [-0.1, -0.05) is 54.6 Å². The number of para-hydroxylation sites is 1. The number of carbonyl (C=O) groups excluding carboxylic acids is 2. The largest absolute Gasteiger partial charge is 0.416 e. The highest BCUT2D eigenvalue weighted by molar-refractivity contribution is 6.16. The van der Waals surface area contributed by atoms with E-state index in [-0.39, 0.29) is 18.0 Å². The van der Waals surface area contributed by atoms with Gasteiger partial charge in [-0.25, -0.2) is 0 Å². The van der Waals surface area contributed by atoms with Gasteiger partial charge in [-0.3, -0.25) is 9.59 Å². The summed E-state index contributed by atoms with van der Waals surface area (Å²) in [6.45, 7) is -0.154. The van der Waals surface area contributed by atoms with Crippen molar-refractivity contribution >= 4 is 28.3 Å². The van der Waals surface area contributed by atoms with Crippen molar-refractivity contribution in [3.8, 4) is 0 Å². The number of ketones is 1. The molecule has 0 aliphatic rings. The lowest BCUT2D eigenvalue weighted by atomic mass is 10.0. The smallest absolute Gasteiger partial charge is 0.337 e. The average molecular weight is 422 g/mol. The molecule has 0 radical (unpaired) electrons. The zero-order chi connectivity index (χ0) is 22.0. The van der Waals surface area contributed by atoms with Gasteiger partial charge in [0.1, 0.15) is 6.54 Å². The number of halogens is 3. The second-order valence-corrected chi connectivity index (χ2v) is 7.01. The first kappa shape index (κ1) is 20.4. The second-order valence-electron chi connectivity index (χ2n) is 7.01. The first-order chi connectivity index (χ1) is 14.8. The van der Waals surface area contributed by atoms with Gasteiger partial charge in [-0.15, -0.1) is 0 Å². The van der Waals surface area contributed by atoms with E-state index in [2.05, 4.69) is 5.32 Å². The fourth-order valence-corrected chi connectivity index (χ4v) is 3.43. The van der Waals surface area contributed by atoms with Crippen LogP contribution in [0.15, 0.2) is 85.1 Å². The zero-order valence-corrected chi connectivity index (χ0v) is 16.2. The predicted molar refractivity (Wildman–Crippen MR) is 112 cm³/mol. The van der Waals surface area contributed by atoms with Crippen LogP contribution in [-0.4, -0.2) is 16.3 Å². The Kier molecular flexibility index (Phi) is 5.33. The lowest BCUT2D eigenvalue weighted by molar-refractivity contribution is -0.137. The van der Waals surface area contributed by atoms with Crippen molar-refractivity contribution < 1.29 is 22.8 Å². The lowest BCUT2D eigenvalue weighted by Crippen LogP contribution is -2.18. The number of nitrogens with zero attached hydrogens (tertiary/aromatic N) is 1. The molecule has 0 fully saturated rings. The maximum Gasteiger partial charge on any atom is 0.416 e. The number of benzene rings is 3. The summed E-state index contributed by atoms with van der Waals surface area (Å²) in [5, 5.41) is 3.19. The number of alkyl halides is 3. The summed E-state index contributed by atoms with van der Waals surface area (Å²) in [5.74, 6) is -0.673. The van der Waals surface area contributed by atoms with Crippen LogP contribution >= 0.6 is 0 Å². The monoisotopic (exact) mass is 422 g/mol. The van der Waals surface area contributed by atoms with Crippen molar-refractivity contribution in [3.63, 3.8) is 0 Å². The van der Waals surface area contributed by atoms with Crippen LogP contribution in [0.1, 0.15) is 21.5 Å². The third kappa shape index (κ3) is 4.35. The average Bonchev–Trinajstić information content (AvgIpc) is 3.12. The van der Waals surface area contributed by atoms with Crippen molar-refractivity contribution in [1.29, 1.82) is 0 Å². The van der Waals surface area contributed by atoms with Crippen LogP contribution in [0.4, 0.5) is 18.9 Å². The Bertz CT molecular complexity index is 1260. The van der Waals surface area contributed by atoms with E-state index in [1.807, 2.05) is 6.07 Å². The van der Waals surface area contributed by atoms with E-state index in [9.17, 15) is 22.8 Å².